The number of hydrogen-bond acceptors (Lipinski definition) is 4. The van der Waals surface area contributed by atoms with Crippen LogP contribution in [-0.4, -0.2) is 30.6 Å². The molecule has 0 aromatic carbocycles. The molecular weight excluding hydrogens is 214 g/mol. The first-order chi connectivity index (χ1) is 8.31. The van der Waals surface area contributed by atoms with Crippen molar-refractivity contribution in [3.8, 4) is 6.07 Å². The Balaban J connectivity index is 1.79. The molecule has 0 radical (unpaired) electrons. The molecule has 0 aliphatic carbocycles. The predicted octanol–water partition coefficient (Wildman–Crippen LogP) is 1.73. The maximum atomic E-state index is 8.66. The van der Waals surface area contributed by atoms with Crippen LogP contribution < -0.4 is 5.32 Å². The number of likely N-dealkylation sites (N-methyl/N-ethyl adjacent to an activating group) is 1. The summed E-state index contributed by atoms with van der Waals surface area (Å²) >= 11 is 0. The Morgan fingerprint density at radius 3 is 3.18 bits per heavy atom. The van der Waals surface area contributed by atoms with Gasteiger partial charge >= 0.3 is 0 Å². The molecule has 1 unspecified atom stereocenters. The van der Waals surface area contributed by atoms with E-state index >= 15 is 0 Å². The van der Waals surface area contributed by atoms with E-state index in [2.05, 4.69) is 17.1 Å². The lowest BCUT2D eigenvalue weighted by Gasteiger charge is -2.32. The van der Waals surface area contributed by atoms with E-state index in [1.54, 1.807) is 6.07 Å². The van der Waals surface area contributed by atoms with E-state index in [0.717, 1.165) is 18.8 Å². The van der Waals surface area contributed by atoms with Crippen molar-refractivity contribution in [2.75, 3.05) is 19.6 Å². The number of nitriles is 1. The van der Waals surface area contributed by atoms with Crippen LogP contribution in [0, 0.1) is 11.3 Å². The molecule has 1 aromatic rings. The molecule has 0 spiro atoms. The third-order valence-electron chi connectivity index (χ3n) is 3.29. The summed E-state index contributed by atoms with van der Waals surface area (Å²) in [5.41, 5.74) is 0. The van der Waals surface area contributed by atoms with E-state index in [4.69, 9.17) is 9.68 Å². The highest BCUT2D eigenvalue weighted by atomic mass is 16.3. The van der Waals surface area contributed by atoms with E-state index in [9.17, 15) is 0 Å². The summed E-state index contributed by atoms with van der Waals surface area (Å²) in [5, 5.41) is 12.2. The maximum Gasteiger partial charge on any atom is 0.203 e. The fourth-order valence-corrected chi connectivity index (χ4v) is 2.29. The minimum absolute atomic E-state index is 0.389. The van der Waals surface area contributed by atoms with Gasteiger partial charge < -0.3 is 14.6 Å². The van der Waals surface area contributed by atoms with Crippen molar-refractivity contribution in [1.82, 2.24) is 10.2 Å². The van der Waals surface area contributed by atoms with E-state index in [1.807, 2.05) is 12.1 Å². The zero-order chi connectivity index (χ0) is 12.1. The number of nitrogens with one attached hydrogen (secondary N) is 1. The number of rotatable bonds is 4. The Bertz CT molecular complexity index is 394. The lowest BCUT2D eigenvalue weighted by atomic mass is 10.1. The summed E-state index contributed by atoms with van der Waals surface area (Å²) in [4.78, 5) is 2.46. The molecule has 17 heavy (non-hydrogen) atoms. The van der Waals surface area contributed by atoms with Crippen molar-refractivity contribution < 1.29 is 4.42 Å². The van der Waals surface area contributed by atoms with Crippen LogP contribution >= 0.6 is 0 Å². The summed E-state index contributed by atoms with van der Waals surface area (Å²) in [6, 6.07) is 6.13. The summed E-state index contributed by atoms with van der Waals surface area (Å²) in [5.74, 6) is 1.23. The van der Waals surface area contributed by atoms with Gasteiger partial charge in [-0.2, -0.15) is 5.26 Å². The van der Waals surface area contributed by atoms with Gasteiger partial charge in [0.2, 0.25) is 5.76 Å². The third-order valence-corrected chi connectivity index (χ3v) is 3.29. The normalized spacial score (nSPS) is 21.3. The zero-order valence-corrected chi connectivity index (χ0v) is 10.3. The molecule has 1 aromatic heterocycles. The number of likely N-dealkylation sites (tertiary alicyclic amines) is 1. The average molecular weight is 233 g/mol. The van der Waals surface area contributed by atoms with Gasteiger partial charge in [0, 0.05) is 12.6 Å². The van der Waals surface area contributed by atoms with Gasteiger partial charge in [-0.3, -0.25) is 0 Å². The van der Waals surface area contributed by atoms with Crippen LogP contribution in [0.5, 0.6) is 0 Å². The van der Waals surface area contributed by atoms with Gasteiger partial charge in [0.1, 0.15) is 11.8 Å². The van der Waals surface area contributed by atoms with Crippen LogP contribution in [0.4, 0.5) is 0 Å². The van der Waals surface area contributed by atoms with Gasteiger partial charge in [0.05, 0.1) is 6.54 Å². The molecule has 1 N–H and O–H groups in total. The van der Waals surface area contributed by atoms with Gasteiger partial charge in [0.25, 0.3) is 0 Å². The molecule has 2 heterocycles. The molecule has 1 aliphatic heterocycles. The molecular formula is C13H19N3O. The number of nitrogens with zero attached hydrogens (tertiary/aromatic N) is 2. The molecule has 0 bridgehead atoms. The van der Waals surface area contributed by atoms with Gasteiger partial charge in [0.15, 0.2) is 0 Å². The molecule has 2 rings (SSSR count). The molecule has 92 valence electrons. The highest BCUT2D eigenvalue weighted by Gasteiger charge is 2.18. The summed E-state index contributed by atoms with van der Waals surface area (Å²) in [6.45, 7) is 6.37. The van der Waals surface area contributed by atoms with Crippen LogP contribution in [0.25, 0.3) is 0 Å². The second-order valence-electron chi connectivity index (χ2n) is 4.49. The van der Waals surface area contributed by atoms with Crippen molar-refractivity contribution in [1.29, 1.82) is 5.26 Å². The van der Waals surface area contributed by atoms with E-state index in [1.165, 1.54) is 19.4 Å². The fourth-order valence-electron chi connectivity index (χ4n) is 2.29. The SMILES string of the molecule is CCN1CCCC(NCc2ccc(C#N)o2)C1. The Labute approximate surface area is 102 Å². The fraction of sp³-hybridized carbons (Fsp3) is 0.615. The zero-order valence-electron chi connectivity index (χ0n) is 10.3. The van der Waals surface area contributed by atoms with Crippen LogP contribution in [0.15, 0.2) is 16.5 Å². The third kappa shape index (κ3) is 3.32. The molecule has 1 fully saturated rings. The smallest absolute Gasteiger partial charge is 0.203 e. The lowest BCUT2D eigenvalue weighted by molar-refractivity contribution is 0.196. The monoisotopic (exact) mass is 233 g/mol. The molecule has 0 saturated carbocycles. The topological polar surface area (TPSA) is 52.2 Å². The molecule has 0 amide bonds. The van der Waals surface area contributed by atoms with Crippen molar-refractivity contribution in [3.63, 3.8) is 0 Å². The van der Waals surface area contributed by atoms with Crippen molar-refractivity contribution in [2.45, 2.75) is 32.4 Å². The molecule has 4 nitrogen and oxygen atoms in total. The second kappa shape index (κ2) is 5.85. The standard InChI is InChI=1S/C13H19N3O/c1-2-16-7-3-4-11(10-16)15-9-13-6-5-12(8-14)17-13/h5-6,11,15H,2-4,7,9-10H2,1H3. The largest absolute Gasteiger partial charge is 0.449 e. The molecule has 4 heteroatoms. The Hall–Kier alpha value is -1.31. The minimum atomic E-state index is 0.389. The van der Waals surface area contributed by atoms with Crippen molar-refractivity contribution in [2.24, 2.45) is 0 Å². The number of furan rings is 1. The van der Waals surface area contributed by atoms with Crippen molar-refractivity contribution in [3.05, 3.63) is 23.7 Å². The van der Waals surface area contributed by atoms with E-state index in [-0.39, 0.29) is 0 Å². The van der Waals surface area contributed by atoms with Gasteiger partial charge in [-0.1, -0.05) is 6.92 Å². The summed E-state index contributed by atoms with van der Waals surface area (Å²) in [7, 11) is 0. The van der Waals surface area contributed by atoms with Crippen LogP contribution in [0.2, 0.25) is 0 Å². The minimum Gasteiger partial charge on any atom is -0.449 e. The number of piperidine rings is 1. The Kier molecular flexibility index (Phi) is 4.18. The first kappa shape index (κ1) is 12.2. The van der Waals surface area contributed by atoms with Crippen molar-refractivity contribution >= 4 is 0 Å². The van der Waals surface area contributed by atoms with Crippen LogP contribution in [0.3, 0.4) is 0 Å². The molecule has 1 saturated heterocycles. The van der Waals surface area contributed by atoms with Crippen LogP contribution in [-0.2, 0) is 6.54 Å². The Morgan fingerprint density at radius 1 is 1.59 bits per heavy atom. The van der Waals surface area contributed by atoms with E-state index in [0.29, 0.717) is 18.3 Å². The highest BCUT2D eigenvalue weighted by molar-refractivity contribution is 5.18. The lowest BCUT2D eigenvalue weighted by Crippen LogP contribution is -2.45. The van der Waals surface area contributed by atoms with Gasteiger partial charge in [-0.25, -0.2) is 0 Å². The highest BCUT2D eigenvalue weighted by Crippen LogP contribution is 2.11. The van der Waals surface area contributed by atoms with Gasteiger partial charge in [-0.15, -0.1) is 0 Å². The number of hydrogen-bond donors (Lipinski definition) is 1. The first-order valence-electron chi connectivity index (χ1n) is 6.26. The predicted molar refractivity (Wildman–Crippen MR) is 65.4 cm³/mol. The quantitative estimate of drug-likeness (QED) is 0.860. The Morgan fingerprint density at radius 2 is 2.47 bits per heavy atom. The van der Waals surface area contributed by atoms with Crippen LogP contribution in [0.1, 0.15) is 31.3 Å². The molecule has 1 aliphatic rings. The van der Waals surface area contributed by atoms with E-state index < -0.39 is 0 Å². The summed E-state index contributed by atoms with van der Waals surface area (Å²) in [6.07, 6.45) is 2.48. The van der Waals surface area contributed by atoms with Gasteiger partial charge in [-0.05, 0) is 38.1 Å². The summed E-state index contributed by atoms with van der Waals surface area (Å²) < 4.78 is 5.34. The second-order valence-corrected chi connectivity index (χ2v) is 4.49. The average Bonchev–Trinajstić information content (AvgIpc) is 2.84. The molecule has 1 atom stereocenters. The first-order valence-corrected chi connectivity index (χ1v) is 6.26. The maximum absolute atomic E-state index is 8.66.